The van der Waals surface area contributed by atoms with Crippen LogP contribution >= 0.6 is 0 Å². The summed E-state index contributed by atoms with van der Waals surface area (Å²) in [6, 6.07) is 0. The number of hydrogen-bond donors (Lipinski definition) is 1. The Morgan fingerprint density at radius 2 is 1.25 bits per heavy atom. The van der Waals surface area contributed by atoms with Crippen molar-refractivity contribution in [3.8, 4) is 0 Å². The van der Waals surface area contributed by atoms with Gasteiger partial charge in [0, 0.05) is 0 Å². The smallest absolute Gasteiger partial charge is 0.180 e. The lowest BCUT2D eigenvalue weighted by molar-refractivity contribution is -0.927. The number of nitrogens with zero attached hydrogens (tertiary/aromatic N) is 1. The summed E-state index contributed by atoms with van der Waals surface area (Å²) in [4.78, 5) is 0. The molecule has 0 amide bonds. The Hall–Kier alpha value is 0.650. The molecule has 3 heteroatoms. The molecule has 1 unspecified atom stereocenters. The molecule has 0 spiro atoms. The lowest BCUT2D eigenvalue weighted by Crippen LogP contribution is -3.00. The van der Waals surface area contributed by atoms with E-state index in [1.165, 1.54) is 44.9 Å². The molecule has 0 aromatic rings. The largest absolute Gasteiger partial charge is 1.00 e. The number of aliphatic hydroxyl groups is 1. The van der Waals surface area contributed by atoms with Gasteiger partial charge in [0.2, 0.25) is 0 Å². The molecular weight excluding hydrogens is 313 g/mol. The monoisotopic (exact) mass is 343 g/mol. The van der Waals surface area contributed by atoms with Gasteiger partial charge in [-0.15, -0.1) is 0 Å². The van der Waals surface area contributed by atoms with E-state index in [0.29, 0.717) is 6.73 Å². The Morgan fingerprint density at radius 1 is 0.812 bits per heavy atom. The SMILES string of the molecule is CCCCCC[N+](C)(CO)CCCCC.[I-]. The third kappa shape index (κ3) is 9.85. The molecule has 0 aromatic heterocycles. The van der Waals surface area contributed by atoms with E-state index in [1.807, 2.05) is 0 Å². The van der Waals surface area contributed by atoms with Gasteiger partial charge in [-0.3, -0.25) is 0 Å². The number of rotatable bonds is 10. The summed E-state index contributed by atoms with van der Waals surface area (Å²) in [5, 5.41) is 9.41. The van der Waals surface area contributed by atoms with Crippen molar-refractivity contribution in [1.29, 1.82) is 0 Å². The van der Waals surface area contributed by atoms with Gasteiger partial charge in [-0.25, -0.2) is 0 Å². The van der Waals surface area contributed by atoms with Gasteiger partial charge in [-0.2, -0.15) is 0 Å². The average molecular weight is 343 g/mol. The summed E-state index contributed by atoms with van der Waals surface area (Å²) in [5.74, 6) is 0. The van der Waals surface area contributed by atoms with Crippen LogP contribution in [-0.4, -0.2) is 36.5 Å². The van der Waals surface area contributed by atoms with Crippen molar-refractivity contribution in [3.05, 3.63) is 0 Å². The summed E-state index contributed by atoms with van der Waals surface area (Å²) in [6.07, 6.45) is 9.01. The molecule has 0 aliphatic carbocycles. The zero-order chi connectivity index (χ0) is 11.6. The Kier molecular flexibility index (Phi) is 14.4. The minimum absolute atomic E-state index is 0. The second kappa shape index (κ2) is 12.1. The van der Waals surface area contributed by atoms with Crippen molar-refractivity contribution in [3.63, 3.8) is 0 Å². The number of hydrogen-bond acceptors (Lipinski definition) is 1. The van der Waals surface area contributed by atoms with Crippen LogP contribution in [0.15, 0.2) is 0 Å². The van der Waals surface area contributed by atoms with Crippen LogP contribution in [0.25, 0.3) is 0 Å². The lowest BCUT2D eigenvalue weighted by atomic mass is 10.1. The molecule has 100 valence electrons. The fourth-order valence-corrected chi connectivity index (χ4v) is 1.92. The van der Waals surface area contributed by atoms with Crippen LogP contribution in [0.2, 0.25) is 0 Å². The van der Waals surface area contributed by atoms with E-state index < -0.39 is 0 Å². The van der Waals surface area contributed by atoms with E-state index in [1.54, 1.807) is 0 Å². The minimum atomic E-state index is 0. The summed E-state index contributed by atoms with van der Waals surface area (Å²) in [6.45, 7) is 7.04. The second-order valence-electron chi connectivity index (χ2n) is 4.98. The van der Waals surface area contributed by atoms with Gasteiger partial charge >= 0.3 is 0 Å². The first-order chi connectivity index (χ1) is 7.18. The summed E-state index contributed by atoms with van der Waals surface area (Å²) in [5.41, 5.74) is 0. The molecular formula is C13H30INO. The van der Waals surface area contributed by atoms with Crippen LogP contribution in [-0.2, 0) is 0 Å². The van der Waals surface area contributed by atoms with Gasteiger partial charge in [0.1, 0.15) is 0 Å². The Bertz CT molecular complexity index is 144. The van der Waals surface area contributed by atoms with Crippen molar-refractivity contribution >= 4 is 0 Å². The van der Waals surface area contributed by atoms with Crippen LogP contribution in [0.5, 0.6) is 0 Å². The zero-order valence-electron chi connectivity index (χ0n) is 11.3. The van der Waals surface area contributed by atoms with Crippen molar-refractivity contribution in [2.45, 2.75) is 58.8 Å². The molecule has 0 bridgehead atoms. The Labute approximate surface area is 119 Å². The van der Waals surface area contributed by atoms with Gasteiger partial charge in [0.15, 0.2) is 6.73 Å². The van der Waals surface area contributed by atoms with Gasteiger partial charge in [-0.05, 0) is 25.7 Å². The fourth-order valence-electron chi connectivity index (χ4n) is 1.92. The first-order valence-electron chi connectivity index (χ1n) is 6.63. The minimum Gasteiger partial charge on any atom is -1.00 e. The third-order valence-electron chi connectivity index (χ3n) is 3.19. The zero-order valence-corrected chi connectivity index (χ0v) is 13.5. The molecule has 1 atom stereocenters. The Morgan fingerprint density at radius 3 is 1.69 bits per heavy atom. The van der Waals surface area contributed by atoms with E-state index in [9.17, 15) is 5.11 Å². The van der Waals surface area contributed by atoms with E-state index in [2.05, 4.69) is 20.9 Å². The van der Waals surface area contributed by atoms with E-state index in [4.69, 9.17) is 0 Å². The van der Waals surface area contributed by atoms with Crippen LogP contribution in [0.3, 0.4) is 0 Å². The molecule has 0 saturated heterocycles. The van der Waals surface area contributed by atoms with E-state index in [-0.39, 0.29) is 24.0 Å². The van der Waals surface area contributed by atoms with E-state index >= 15 is 0 Å². The Balaban J connectivity index is 0. The number of unbranched alkanes of at least 4 members (excludes halogenated alkanes) is 5. The summed E-state index contributed by atoms with van der Waals surface area (Å²) >= 11 is 0. The molecule has 16 heavy (non-hydrogen) atoms. The molecule has 0 radical (unpaired) electrons. The molecule has 1 N–H and O–H groups in total. The average Bonchev–Trinajstić information content (AvgIpc) is 2.25. The standard InChI is InChI=1S/C13H30NO.HI/c1-4-6-8-10-12-14(3,13-15)11-9-7-5-2;/h15H,4-13H2,1-3H3;1H/q+1;/p-1. The molecule has 0 fully saturated rings. The predicted molar refractivity (Wildman–Crippen MR) is 66.7 cm³/mol. The highest BCUT2D eigenvalue weighted by atomic mass is 127. The maximum absolute atomic E-state index is 9.41. The topological polar surface area (TPSA) is 20.2 Å². The maximum atomic E-state index is 9.41. The normalized spacial score (nSPS) is 14.2. The highest BCUT2D eigenvalue weighted by Gasteiger charge is 2.18. The van der Waals surface area contributed by atoms with Gasteiger partial charge < -0.3 is 33.6 Å². The van der Waals surface area contributed by atoms with Crippen LogP contribution < -0.4 is 24.0 Å². The molecule has 0 heterocycles. The molecule has 0 rings (SSSR count). The third-order valence-corrected chi connectivity index (χ3v) is 3.19. The van der Waals surface area contributed by atoms with Crippen molar-refractivity contribution in [2.75, 3.05) is 26.9 Å². The number of halogens is 1. The predicted octanol–water partition coefficient (Wildman–Crippen LogP) is 0.157. The van der Waals surface area contributed by atoms with Crippen LogP contribution in [0.1, 0.15) is 58.8 Å². The van der Waals surface area contributed by atoms with E-state index in [0.717, 1.165) is 17.6 Å². The van der Waals surface area contributed by atoms with Gasteiger partial charge in [0.25, 0.3) is 0 Å². The van der Waals surface area contributed by atoms with Crippen molar-refractivity contribution in [1.82, 2.24) is 0 Å². The first kappa shape index (κ1) is 19.0. The highest BCUT2D eigenvalue weighted by Crippen LogP contribution is 2.10. The van der Waals surface area contributed by atoms with Crippen LogP contribution in [0.4, 0.5) is 0 Å². The summed E-state index contributed by atoms with van der Waals surface area (Å²) in [7, 11) is 2.18. The highest BCUT2D eigenvalue weighted by molar-refractivity contribution is 4.43. The molecule has 2 nitrogen and oxygen atoms in total. The molecule has 0 aliphatic heterocycles. The molecule has 0 aromatic carbocycles. The first-order valence-corrected chi connectivity index (χ1v) is 6.63. The quantitative estimate of drug-likeness (QED) is 0.259. The number of quaternary nitrogens is 1. The second-order valence-corrected chi connectivity index (χ2v) is 4.98. The lowest BCUT2D eigenvalue weighted by Gasteiger charge is -2.32. The van der Waals surface area contributed by atoms with Gasteiger partial charge in [-0.1, -0.05) is 33.1 Å². The van der Waals surface area contributed by atoms with Crippen molar-refractivity contribution in [2.24, 2.45) is 0 Å². The maximum Gasteiger partial charge on any atom is 0.180 e. The molecule has 0 aliphatic rings. The van der Waals surface area contributed by atoms with Crippen molar-refractivity contribution < 1.29 is 33.6 Å². The molecule has 0 saturated carbocycles. The summed E-state index contributed by atoms with van der Waals surface area (Å²) < 4.78 is 0.851. The van der Waals surface area contributed by atoms with Gasteiger partial charge in [0.05, 0.1) is 20.1 Å². The number of aliphatic hydroxyl groups excluding tert-OH is 1. The fraction of sp³-hybridized carbons (Fsp3) is 1.00. The van der Waals surface area contributed by atoms with Crippen LogP contribution in [0, 0.1) is 0 Å².